The van der Waals surface area contributed by atoms with Gasteiger partial charge in [0.15, 0.2) is 0 Å². The van der Waals surface area contributed by atoms with Crippen molar-refractivity contribution in [3.63, 3.8) is 0 Å². The van der Waals surface area contributed by atoms with Crippen LogP contribution in [0.25, 0.3) is 0 Å². The molecule has 1 aromatic carbocycles. The largest absolute Gasteiger partial charge is 0.315 e. The summed E-state index contributed by atoms with van der Waals surface area (Å²) in [6.45, 7) is 0. The molecule has 0 atom stereocenters. The summed E-state index contributed by atoms with van der Waals surface area (Å²) in [5.41, 5.74) is 0.555. The van der Waals surface area contributed by atoms with Crippen molar-refractivity contribution in [1.29, 1.82) is 0 Å². The molecule has 0 unspecified atom stereocenters. The summed E-state index contributed by atoms with van der Waals surface area (Å²) in [4.78, 5) is 21.7. The molecule has 7 nitrogen and oxygen atoms in total. The summed E-state index contributed by atoms with van der Waals surface area (Å²) in [6, 6.07) is 5.98. The molecule has 0 saturated carbocycles. The highest BCUT2D eigenvalue weighted by molar-refractivity contribution is 7.10. The van der Waals surface area contributed by atoms with Crippen molar-refractivity contribution < 1.29 is 9.72 Å². The Morgan fingerprint density at radius 2 is 2.33 bits per heavy atom. The van der Waals surface area contributed by atoms with E-state index in [1.807, 2.05) is 0 Å². The summed E-state index contributed by atoms with van der Waals surface area (Å²) in [5.74, 6) is -0.262. The van der Waals surface area contributed by atoms with E-state index in [0.717, 1.165) is 11.5 Å². The SMILES string of the molecule is O=C(Cc1cccc([N+](=O)[O-])c1)Nc1cnns1. The van der Waals surface area contributed by atoms with Gasteiger partial charge < -0.3 is 5.32 Å². The fraction of sp³-hybridized carbons (Fsp3) is 0.100. The Morgan fingerprint density at radius 3 is 3.00 bits per heavy atom. The number of non-ortho nitro benzene ring substituents is 1. The average molecular weight is 264 g/mol. The zero-order chi connectivity index (χ0) is 13.0. The van der Waals surface area contributed by atoms with Crippen LogP contribution in [-0.2, 0) is 11.2 Å². The Balaban J connectivity index is 2.03. The lowest BCUT2D eigenvalue weighted by molar-refractivity contribution is -0.384. The molecule has 18 heavy (non-hydrogen) atoms. The van der Waals surface area contributed by atoms with Crippen molar-refractivity contribution >= 4 is 28.1 Å². The fourth-order valence-corrected chi connectivity index (χ4v) is 1.81. The molecular formula is C10H8N4O3S. The van der Waals surface area contributed by atoms with Crippen LogP contribution < -0.4 is 5.32 Å². The zero-order valence-electron chi connectivity index (χ0n) is 9.07. The van der Waals surface area contributed by atoms with Gasteiger partial charge in [0.25, 0.3) is 5.69 Å². The molecule has 0 aliphatic carbocycles. The lowest BCUT2D eigenvalue weighted by Crippen LogP contribution is -2.13. The third-order valence-corrected chi connectivity index (χ3v) is 2.69. The number of hydrogen-bond acceptors (Lipinski definition) is 6. The predicted molar refractivity (Wildman–Crippen MR) is 65.3 cm³/mol. The number of nitro benzene ring substituents is 1. The molecule has 0 saturated heterocycles. The first-order valence-electron chi connectivity index (χ1n) is 4.95. The van der Waals surface area contributed by atoms with Crippen LogP contribution in [0.4, 0.5) is 10.7 Å². The quantitative estimate of drug-likeness (QED) is 0.668. The number of nitro groups is 1. The summed E-state index contributed by atoms with van der Waals surface area (Å²) >= 11 is 1.07. The van der Waals surface area contributed by atoms with Crippen LogP contribution in [0.5, 0.6) is 0 Å². The van der Waals surface area contributed by atoms with E-state index in [4.69, 9.17) is 0 Å². The molecule has 8 heteroatoms. The molecule has 2 rings (SSSR count). The minimum atomic E-state index is -0.492. The Labute approximate surface area is 106 Å². The van der Waals surface area contributed by atoms with Gasteiger partial charge in [0, 0.05) is 23.7 Å². The molecular weight excluding hydrogens is 256 g/mol. The van der Waals surface area contributed by atoms with Crippen molar-refractivity contribution in [3.05, 3.63) is 46.1 Å². The number of aromatic nitrogens is 2. The Kier molecular flexibility index (Phi) is 3.58. The van der Waals surface area contributed by atoms with Crippen LogP contribution in [0.15, 0.2) is 30.5 Å². The molecule has 1 amide bonds. The van der Waals surface area contributed by atoms with E-state index < -0.39 is 4.92 Å². The number of nitrogens with one attached hydrogen (secondary N) is 1. The zero-order valence-corrected chi connectivity index (χ0v) is 9.88. The third-order valence-electron chi connectivity index (χ3n) is 2.11. The molecule has 92 valence electrons. The first-order chi connectivity index (χ1) is 8.65. The van der Waals surface area contributed by atoms with Crippen LogP contribution in [-0.4, -0.2) is 20.4 Å². The number of nitrogens with zero attached hydrogens (tertiary/aromatic N) is 3. The molecule has 2 aromatic rings. The highest BCUT2D eigenvalue weighted by atomic mass is 32.1. The van der Waals surface area contributed by atoms with E-state index in [1.165, 1.54) is 18.3 Å². The van der Waals surface area contributed by atoms with Crippen LogP contribution in [0.1, 0.15) is 5.56 Å². The maximum Gasteiger partial charge on any atom is 0.269 e. The van der Waals surface area contributed by atoms with E-state index in [-0.39, 0.29) is 18.0 Å². The van der Waals surface area contributed by atoms with Crippen molar-refractivity contribution in [3.8, 4) is 0 Å². The molecule has 0 bridgehead atoms. The smallest absolute Gasteiger partial charge is 0.269 e. The van der Waals surface area contributed by atoms with Crippen LogP contribution in [0.3, 0.4) is 0 Å². The molecule has 0 spiro atoms. The number of rotatable bonds is 4. The summed E-state index contributed by atoms with van der Waals surface area (Å²) in [7, 11) is 0. The van der Waals surface area contributed by atoms with Crippen molar-refractivity contribution in [2.24, 2.45) is 0 Å². The van der Waals surface area contributed by atoms with Gasteiger partial charge in [-0.3, -0.25) is 14.9 Å². The van der Waals surface area contributed by atoms with Gasteiger partial charge in [-0.25, -0.2) is 0 Å². The monoisotopic (exact) mass is 264 g/mol. The third kappa shape index (κ3) is 3.08. The Bertz CT molecular complexity index is 570. The normalized spacial score (nSPS) is 10.0. The molecule has 1 heterocycles. The van der Waals surface area contributed by atoms with E-state index in [1.54, 1.807) is 12.1 Å². The van der Waals surface area contributed by atoms with E-state index in [9.17, 15) is 14.9 Å². The number of anilines is 1. The second-order valence-electron chi connectivity index (χ2n) is 3.43. The van der Waals surface area contributed by atoms with Crippen molar-refractivity contribution in [1.82, 2.24) is 9.59 Å². The van der Waals surface area contributed by atoms with Gasteiger partial charge in [-0.05, 0) is 5.56 Å². The first kappa shape index (κ1) is 12.1. The maximum atomic E-state index is 11.6. The molecule has 1 N–H and O–H groups in total. The highest BCUT2D eigenvalue weighted by Crippen LogP contribution is 2.15. The minimum Gasteiger partial charge on any atom is -0.315 e. The Hall–Kier alpha value is -2.35. The van der Waals surface area contributed by atoms with E-state index in [2.05, 4.69) is 14.9 Å². The summed E-state index contributed by atoms with van der Waals surface area (Å²) in [6.07, 6.45) is 1.51. The number of carbonyl (C=O) groups excluding carboxylic acids is 1. The molecule has 0 aliphatic rings. The molecule has 0 radical (unpaired) electrons. The lowest BCUT2D eigenvalue weighted by atomic mass is 10.1. The first-order valence-corrected chi connectivity index (χ1v) is 5.73. The standard InChI is InChI=1S/C10H8N4O3S/c15-9(12-10-6-11-13-18-10)5-7-2-1-3-8(4-7)14(16)17/h1-4,6H,5H2,(H,12,15). The predicted octanol–water partition coefficient (Wildman–Crippen LogP) is 1.63. The summed E-state index contributed by atoms with van der Waals surface area (Å²) < 4.78 is 3.61. The van der Waals surface area contributed by atoms with Gasteiger partial charge in [-0.1, -0.05) is 16.6 Å². The van der Waals surface area contributed by atoms with Crippen LogP contribution in [0, 0.1) is 10.1 Å². The second kappa shape index (κ2) is 5.32. The van der Waals surface area contributed by atoms with Gasteiger partial charge in [-0.2, -0.15) is 0 Å². The van der Waals surface area contributed by atoms with Gasteiger partial charge in [0.1, 0.15) is 5.00 Å². The number of benzene rings is 1. The lowest BCUT2D eigenvalue weighted by Gasteiger charge is -2.01. The highest BCUT2D eigenvalue weighted by Gasteiger charge is 2.09. The maximum absolute atomic E-state index is 11.6. The van der Waals surface area contributed by atoms with Crippen LogP contribution in [0.2, 0.25) is 0 Å². The second-order valence-corrected chi connectivity index (χ2v) is 4.22. The topological polar surface area (TPSA) is 98.0 Å². The summed E-state index contributed by atoms with van der Waals surface area (Å²) in [5, 5.41) is 17.3. The van der Waals surface area contributed by atoms with Gasteiger partial charge in [-0.15, -0.1) is 5.10 Å². The van der Waals surface area contributed by atoms with E-state index in [0.29, 0.717) is 10.6 Å². The fourth-order valence-electron chi connectivity index (χ4n) is 1.37. The molecule has 1 aromatic heterocycles. The number of carbonyl (C=O) groups is 1. The number of hydrogen-bond donors (Lipinski definition) is 1. The molecule has 0 aliphatic heterocycles. The minimum absolute atomic E-state index is 0.0280. The van der Waals surface area contributed by atoms with Crippen LogP contribution >= 0.6 is 11.5 Å². The van der Waals surface area contributed by atoms with Crippen molar-refractivity contribution in [2.75, 3.05) is 5.32 Å². The Morgan fingerprint density at radius 1 is 1.50 bits per heavy atom. The van der Waals surface area contributed by atoms with Gasteiger partial charge in [0.2, 0.25) is 5.91 Å². The van der Waals surface area contributed by atoms with Crippen molar-refractivity contribution in [2.45, 2.75) is 6.42 Å². The van der Waals surface area contributed by atoms with Gasteiger partial charge >= 0.3 is 0 Å². The number of amides is 1. The molecule has 0 fully saturated rings. The van der Waals surface area contributed by atoms with E-state index >= 15 is 0 Å². The average Bonchev–Trinajstić information content (AvgIpc) is 2.82. The van der Waals surface area contributed by atoms with Gasteiger partial charge in [0.05, 0.1) is 17.5 Å².